The van der Waals surface area contributed by atoms with Crippen LogP contribution in [0.5, 0.6) is 0 Å². The molecule has 3 heteroatoms. The number of hydrogen-bond donors (Lipinski definition) is 1. The van der Waals surface area contributed by atoms with E-state index in [0.717, 1.165) is 35.2 Å². The molecule has 0 amide bonds. The van der Waals surface area contributed by atoms with Crippen LogP contribution in [0.15, 0.2) is 41.2 Å². The summed E-state index contributed by atoms with van der Waals surface area (Å²) < 4.78 is 1.98. The lowest BCUT2D eigenvalue weighted by molar-refractivity contribution is 0.485. The molecule has 3 rings (SSSR count). The zero-order chi connectivity index (χ0) is 15.7. The van der Waals surface area contributed by atoms with E-state index >= 15 is 0 Å². The van der Waals surface area contributed by atoms with Gasteiger partial charge in [0, 0.05) is 17.3 Å². The number of nitrogens with zero attached hydrogens (tertiary/aromatic N) is 1. The number of rotatable bonds is 3. The van der Waals surface area contributed by atoms with Crippen LogP contribution >= 0.6 is 0 Å². The summed E-state index contributed by atoms with van der Waals surface area (Å²) in [6.07, 6.45) is 4.63. The largest absolute Gasteiger partial charge is 0.320 e. The molecule has 1 aromatic carbocycles. The van der Waals surface area contributed by atoms with E-state index in [1.54, 1.807) is 0 Å². The number of aryl methyl sites for hydroxylation is 2. The highest BCUT2D eigenvalue weighted by molar-refractivity contribution is 5.36. The van der Waals surface area contributed by atoms with Crippen molar-refractivity contribution in [1.29, 1.82) is 0 Å². The third-order valence-electron chi connectivity index (χ3n) is 4.84. The van der Waals surface area contributed by atoms with Crippen LogP contribution in [0.4, 0.5) is 0 Å². The van der Waals surface area contributed by atoms with E-state index in [1.807, 2.05) is 48.7 Å². The lowest BCUT2D eigenvalue weighted by atomic mass is 9.96. The Bertz CT molecular complexity index is 712. The van der Waals surface area contributed by atoms with Gasteiger partial charge in [0.1, 0.15) is 0 Å². The molecular formula is C19H24N2O. The highest BCUT2D eigenvalue weighted by Crippen LogP contribution is 2.30. The maximum atomic E-state index is 13.1. The monoisotopic (exact) mass is 296 g/mol. The van der Waals surface area contributed by atoms with Crippen molar-refractivity contribution in [2.45, 2.75) is 51.6 Å². The van der Waals surface area contributed by atoms with Crippen LogP contribution in [0.3, 0.4) is 0 Å². The number of aromatic nitrogens is 1. The zero-order valence-corrected chi connectivity index (χ0v) is 13.4. The molecule has 3 nitrogen and oxygen atoms in total. The van der Waals surface area contributed by atoms with E-state index in [-0.39, 0.29) is 11.6 Å². The van der Waals surface area contributed by atoms with Crippen LogP contribution in [0, 0.1) is 13.8 Å². The summed E-state index contributed by atoms with van der Waals surface area (Å²) in [5.74, 6) is 0. The molecule has 1 heterocycles. The predicted octanol–water partition coefficient (Wildman–Crippen LogP) is 3.63. The average molecular weight is 296 g/mol. The molecule has 1 aliphatic carbocycles. The first kappa shape index (κ1) is 15.0. The molecule has 2 aromatic rings. The Hall–Kier alpha value is -1.87. The number of nitrogens with two attached hydrogens (primary N) is 1. The van der Waals surface area contributed by atoms with Crippen molar-refractivity contribution < 1.29 is 0 Å². The molecule has 1 fully saturated rings. The second-order valence-corrected chi connectivity index (χ2v) is 6.38. The van der Waals surface area contributed by atoms with Gasteiger partial charge in [-0.05, 0) is 43.9 Å². The smallest absolute Gasteiger partial charge is 0.256 e. The van der Waals surface area contributed by atoms with Crippen molar-refractivity contribution in [1.82, 2.24) is 4.57 Å². The van der Waals surface area contributed by atoms with Gasteiger partial charge in [-0.3, -0.25) is 4.79 Å². The van der Waals surface area contributed by atoms with Crippen molar-refractivity contribution >= 4 is 0 Å². The molecule has 0 aliphatic heterocycles. The summed E-state index contributed by atoms with van der Waals surface area (Å²) in [5, 5.41) is 0. The highest BCUT2D eigenvalue weighted by Gasteiger charge is 2.24. The number of benzene rings is 1. The molecule has 1 atom stereocenters. The molecule has 1 aliphatic rings. The molecule has 1 aromatic heterocycles. The standard InChI is InChI=1S/C19H24N2O/c1-13-12-14(2)21(16-10-6-7-11-16)19(22)17(13)18(20)15-8-4-3-5-9-15/h3-5,8-9,12,16,18H,6-7,10-11,20H2,1-2H3. The Morgan fingerprint density at radius 2 is 1.77 bits per heavy atom. The molecule has 0 radical (unpaired) electrons. The van der Waals surface area contributed by atoms with E-state index in [0.29, 0.717) is 6.04 Å². The first-order valence-electron chi connectivity index (χ1n) is 8.12. The molecule has 0 saturated heterocycles. The van der Waals surface area contributed by atoms with E-state index < -0.39 is 0 Å². The van der Waals surface area contributed by atoms with Gasteiger partial charge in [-0.25, -0.2) is 0 Å². The van der Waals surface area contributed by atoms with Crippen molar-refractivity contribution in [3.05, 3.63) is 69.1 Å². The van der Waals surface area contributed by atoms with Gasteiger partial charge in [-0.2, -0.15) is 0 Å². The van der Waals surface area contributed by atoms with Crippen molar-refractivity contribution in [2.24, 2.45) is 5.73 Å². The summed E-state index contributed by atoms with van der Waals surface area (Å²) in [6.45, 7) is 4.02. The van der Waals surface area contributed by atoms with E-state index in [2.05, 4.69) is 6.07 Å². The molecule has 116 valence electrons. The Labute approximate surface area is 131 Å². The van der Waals surface area contributed by atoms with Gasteiger partial charge in [-0.15, -0.1) is 0 Å². The van der Waals surface area contributed by atoms with Crippen molar-refractivity contribution in [3.8, 4) is 0 Å². The summed E-state index contributed by atoms with van der Waals surface area (Å²) >= 11 is 0. The maximum absolute atomic E-state index is 13.1. The minimum absolute atomic E-state index is 0.0979. The van der Waals surface area contributed by atoms with Crippen LogP contribution < -0.4 is 11.3 Å². The van der Waals surface area contributed by atoms with Gasteiger partial charge in [0.15, 0.2) is 0 Å². The molecule has 0 spiro atoms. The summed E-state index contributed by atoms with van der Waals surface area (Å²) in [5.41, 5.74) is 10.3. The molecule has 1 unspecified atom stereocenters. The topological polar surface area (TPSA) is 48.0 Å². The summed E-state index contributed by atoms with van der Waals surface area (Å²) in [7, 11) is 0. The zero-order valence-electron chi connectivity index (χ0n) is 13.4. The fraction of sp³-hybridized carbons (Fsp3) is 0.421. The molecule has 22 heavy (non-hydrogen) atoms. The second kappa shape index (κ2) is 6.09. The molecular weight excluding hydrogens is 272 g/mol. The Kier molecular flexibility index (Phi) is 4.16. The molecule has 0 bridgehead atoms. The quantitative estimate of drug-likeness (QED) is 0.940. The first-order valence-corrected chi connectivity index (χ1v) is 8.12. The Morgan fingerprint density at radius 3 is 2.41 bits per heavy atom. The van der Waals surface area contributed by atoms with E-state index in [1.165, 1.54) is 12.8 Å². The SMILES string of the molecule is Cc1cc(C)n(C2CCCC2)c(=O)c1C(N)c1ccccc1. The van der Waals surface area contributed by atoms with Crippen molar-refractivity contribution in [2.75, 3.05) is 0 Å². The highest BCUT2D eigenvalue weighted by atomic mass is 16.1. The van der Waals surface area contributed by atoms with Crippen molar-refractivity contribution in [3.63, 3.8) is 0 Å². The van der Waals surface area contributed by atoms with Crippen LogP contribution in [-0.4, -0.2) is 4.57 Å². The Balaban J connectivity index is 2.11. The van der Waals surface area contributed by atoms with Crippen LogP contribution in [-0.2, 0) is 0 Å². The molecule has 2 N–H and O–H groups in total. The summed E-state index contributed by atoms with van der Waals surface area (Å²) in [4.78, 5) is 13.1. The summed E-state index contributed by atoms with van der Waals surface area (Å²) in [6, 6.07) is 12.0. The normalized spacial score (nSPS) is 16.9. The van der Waals surface area contributed by atoms with E-state index in [4.69, 9.17) is 5.73 Å². The number of pyridine rings is 1. The first-order chi connectivity index (χ1) is 10.6. The van der Waals surface area contributed by atoms with Gasteiger partial charge < -0.3 is 10.3 Å². The van der Waals surface area contributed by atoms with Gasteiger partial charge in [-0.1, -0.05) is 43.2 Å². The van der Waals surface area contributed by atoms with Gasteiger partial charge in [0.05, 0.1) is 6.04 Å². The number of hydrogen-bond acceptors (Lipinski definition) is 2. The van der Waals surface area contributed by atoms with Gasteiger partial charge >= 0.3 is 0 Å². The van der Waals surface area contributed by atoms with Gasteiger partial charge in [0.25, 0.3) is 5.56 Å². The van der Waals surface area contributed by atoms with Crippen LogP contribution in [0.2, 0.25) is 0 Å². The van der Waals surface area contributed by atoms with Crippen LogP contribution in [0.1, 0.15) is 60.2 Å². The molecule has 1 saturated carbocycles. The maximum Gasteiger partial charge on any atom is 0.256 e. The fourth-order valence-corrected chi connectivity index (χ4v) is 3.74. The minimum Gasteiger partial charge on any atom is -0.320 e. The lowest BCUT2D eigenvalue weighted by Gasteiger charge is -2.22. The second-order valence-electron chi connectivity index (χ2n) is 6.38. The third-order valence-corrected chi connectivity index (χ3v) is 4.84. The van der Waals surface area contributed by atoms with Gasteiger partial charge in [0.2, 0.25) is 0 Å². The predicted molar refractivity (Wildman–Crippen MR) is 90.2 cm³/mol. The minimum atomic E-state index is -0.359. The Morgan fingerprint density at radius 1 is 1.14 bits per heavy atom. The third kappa shape index (κ3) is 2.61. The lowest BCUT2D eigenvalue weighted by Crippen LogP contribution is -2.33. The van der Waals surface area contributed by atoms with Crippen LogP contribution in [0.25, 0.3) is 0 Å². The fourth-order valence-electron chi connectivity index (χ4n) is 3.74. The van der Waals surface area contributed by atoms with E-state index in [9.17, 15) is 4.79 Å². The average Bonchev–Trinajstić information content (AvgIpc) is 3.01.